The topological polar surface area (TPSA) is 76.5 Å². The van der Waals surface area contributed by atoms with E-state index >= 15 is 0 Å². The molecule has 1 aromatic rings. The third-order valence-electron chi connectivity index (χ3n) is 1.49. The highest BCUT2D eigenvalue weighted by molar-refractivity contribution is 7.98. The average Bonchev–Trinajstić information content (AvgIpc) is 2.51. The molecule has 78 valence electrons. The van der Waals surface area contributed by atoms with Gasteiger partial charge in [0.15, 0.2) is 5.22 Å². The van der Waals surface area contributed by atoms with Crippen molar-refractivity contribution in [3.8, 4) is 0 Å². The average molecular weight is 236 g/mol. The summed E-state index contributed by atoms with van der Waals surface area (Å²) < 4.78 is 5.08. The number of nitrogens with two attached hydrogens (primary N) is 1. The first kappa shape index (κ1) is 11.4. The molecule has 0 spiro atoms. The number of carboxylic acid groups (broad SMARTS) is 1. The zero-order valence-corrected chi connectivity index (χ0v) is 8.85. The molecule has 1 atom stereocenters. The Kier molecular flexibility index (Phi) is 4.31. The van der Waals surface area contributed by atoms with Crippen LogP contribution in [0.2, 0.25) is 5.22 Å². The van der Waals surface area contributed by atoms with E-state index in [1.54, 1.807) is 12.1 Å². The lowest BCUT2D eigenvalue weighted by Crippen LogP contribution is -2.32. The fourth-order valence-electron chi connectivity index (χ4n) is 0.787. The van der Waals surface area contributed by atoms with E-state index in [4.69, 9.17) is 26.9 Å². The number of carboxylic acids is 1. The second-order valence-corrected chi connectivity index (χ2v) is 4.07. The second-order valence-electron chi connectivity index (χ2n) is 2.67. The van der Waals surface area contributed by atoms with Crippen LogP contribution in [0.25, 0.3) is 0 Å². The van der Waals surface area contributed by atoms with Crippen LogP contribution in [0.1, 0.15) is 5.76 Å². The molecule has 0 radical (unpaired) electrons. The van der Waals surface area contributed by atoms with Gasteiger partial charge in [0.1, 0.15) is 11.8 Å². The molecular formula is C8H10ClNO3S. The molecule has 0 aliphatic heterocycles. The van der Waals surface area contributed by atoms with Crippen molar-refractivity contribution in [2.45, 2.75) is 11.8 Å². The Morgan fingerprint density at radius 2 is 2.43 bits per heavy atom. The smallest absolute Gasteiger partial charge is 0.321 e. The lowest BCUT2D eigenvalue weighted by Gasteiger charge is -2.03. The van der Waals surface area contributed by atoms with Gasteiger partial charge in [-0.15, -0.1) is 0 Å². The molecule has 3 N–H and O–H groups in total. The normalized spacial score (nSPS) is 12.7. The van der Waals surface area contributed by atoms with Crippen molar-refractivity contribution < 1.29 is 14.3 Å². The van der Waals surface area contributed by atoms with Crippen LogP contribution < -0.4 is 5.73 Å². The van der Waals surface area contributed by atoms with Gasteiger partial charge in [0.2, 0.25) is 0 Å². The largest absolute Gasteiger partial charge is 0.480 e. The molecule has 6 heteroatoms. The van der Waals surface area contributed by atoms with Gasteiger partial charge in [-0.3, -0.25) is 4.79 Å². The molecule has 14 heavy (non-hydrogen) atoms. The Bertz CT molecular complexity index is 315. The van der Waals surface area contributed by atoms with Crippen molar-refractivity contribution >= 4 is 29.3 Å². The molecule has 0 saturated carbocycles. The van der Waals surface area contributed by atoms with E-state index in [0.717, 1.165) is 5.76 Å². The molecule has 0 fully saturated rings. The molecule has 4 nitrogen and oxygen atoms in total. The van der Waals surface area contributed by atoms with Crippen LogP contribution >= 0.6 is 23.4 Å². The minimum Gasteiger partial charge on any atom is -0.480 e. The summed E-state index contributed by atoms with van der Waals surface area (Å²) in [5.41, 5.74) is 5.31. The minimum absolute atomic E-state index is 0.336. The van der Waals surface area contributed by atoms with E-state index in [0.29, 0.717) is 16.7 Å². The fraction of sp³-hybridized carbons (Fsp3) is 0.375. The molecule has 0 aliphatic carbocycles. The number of aliphatic carboxylic acids is 1. The number of carbonyl (C=O) groups is 1. The number of hydrogen-bond donors (Lipinski definition) is 2. The van der Waals surface area contributed by atoms with Gasteiger partial charge in [-0.05, 0) is 23.7 Å². The van der Waals surface area contributed by atoms with Gasteiger partial charge in [0.05, 0.1) is 5.75 Å². The van der Waals surface area contributed by atoms with E-state index in [-0.39, 0.29) is 0 Å². The van der Waals surface area contributed by atoms with Crippen molar-refractivity contribution in [3.05, 3.63) is 23.1 Å². The van der Waals surface area contributed by atoms with Crippen LogP contribution in [0.5, 0.6) is 0 Å². The van der Waals surface area contributed by atoms with Crippen molar-refractivity contribution in [1.82, 2.24) is 0 Å². The van der Waals surface area contributed by atoms with Crippen LogP contribution in [0, 0.1) is 0 Å². The van der Waals surface area contributed by atoms with Crippen LogP contribution in [0.15, 0.2) is 16.5 Å². The zero-order valence-electron chi connectivity index (χ0n) is 7.27. The van der Waals surface area contributed by atoms with E-state index in [2.05, 4.69) is 0 Å². The molecule has 1 aromatic heterocycles. The fourth-order valence-corrected chi connectivity index (χ4v) is 1.82. The Balaban J connectivity index is 2.25. The maximum Gasteiger partial charge on any atom is 0.321 e. The molecular weight excluding hydrogens is 226 g/mol. The highest BCUT2D eigenvalue weighted by Crippen LogP contribution is 2.18. The van der Waals surface area contributed by atoms with Crippen molar-refractivity contribution in [3.63, 3.8) is 0 Å². The van der Waals surface area contributed by atoms with Gasteiger partial charge in [-0.25, -0.2) is 0 Å². The Morgan fingerprint density at radius 3 is 2.93 bits per heavy atom. The minimum atomic E-state index is -0.991. The summed E-state index contributed by atoms with van der Waals surface area (Å²) >= 11 is 6.96. The second kappa shape index (κ2) is 5.29. The molecule has 0 aliphatic rings. The van der Waals surface area contributed by atoms with Gasteiger partial charge < -0.3 is 15.3 Å². The Hall–Kier alpha value is -0.650. The molecule has 0 aromatic carbocycles. The Labute approximate surface area is 90.4 Å². The lowest BCUT2D eigenvalue weighted by atomic mass is 10.4. The number of thioether (sulfide) groups is 1. The number of rotatable bonds is 5. The summed E-state index contributed by atoms with van der Waals surface area (Å²) in [6.45, 7) is 0. The highest BCUT2D eigenvalue weighted by Gasteiger charge is 2.11. The lowest BCUT2D eigenvalue weighted by molar-refractivity contribution is -0.137. The van der Waals surface area contributed by atoms with Gasteiger partial charge in [-0.2, -0.15) is 11.8 Å². The van der Waals surface area contributed by atoms with Crippen molar-refractivity contribution in [1.29, 1.82) is 0 Å². The van der Waals surface area contributed by atoms with Gasteiger partial charge in [-0.1, -0.05) is 0 Å². The quantitative estimate of drug-likeness (QED) is 0.810. The third-order valence-corrected chi connectivity index (χ3v) is 2.77. The van der Waals surface area contributed by atoms with E-state index < -0.39 is 12.0 Å². The highest BCUT2D eigenvalue weighted by atomic mass is 35.5. The van der Waals surface area contributed by atoms with E-state index in [9.17, 15) is 4.79 Å². The molecule has 1 heterocycles. The van der Waals surface area contributed by atoms with Crippen LogP contribution in [-0.2, 0) is 10.5 Å². The Morgan fingerprint density at radius 1 is 1.71 bits per heavy atom. The SMILES string of the molecule is NC(CSCc1ccc(Cl)o1)C(=O)O. The standard InChI is InChI=1S/C8H10ClNO3S/c9-7-2-1-5(13-7)3-14-4-6(10)8(11)12/h1-2,6H,3-4,10H2,(H,11,12). The van der Waals surface area contributed by atoms with Crippen molar-refractivity contribution in [2.24, 2.45) is 5.73 Å². The van der Waals surface area contributed by atoms with Crippen molar-refractivity contribution in [2.75, 3.05) is 5.75 Å². The first-order valence-electron chi connectivity index (χ1n) is 3.90. The van der Waals surface area contributed by atoms with Gasteiger partial charge in [0, 0.05) is 5.75 Å². The molecule has 0 amide bonds. The summed E-state index contributed by atoms with van der Waals surface area (Å²) in [5, 5.41) is 8.84. The first-order chi connectivity index (χ1) is 6.59. The summed E-state index contributed by atoms with van der Waals surface area (Å²) in [4.78, 5) is 10.4. The van der Waals surface area contributed by atoms with Gasteiger partial charge >= 0.3 is 5.97 Å². The number of halogens is 1. The molecule has 0 bridgehead atoms. The third kappa shape index (κ3) is 3.61. The summed E-state index contributed by atoms with van der Waals surface area (Å²) in [6.07, 6.45) is 0. The summed E-state index contributed by atoms with van der Waals surface area (Å²) in [7, 11) is 0. The predicted octanol–water partition coefficient (Wildman–Crippen LogP) is 1.58. The van der Waals surface area contributed by atoms with Crippen LogP contribution in [0.3, 0.4) is 0 Å². The van der Waals surface area contributed by atoms with E-state index in [1.165, 1.54) is 11.8 Å². The van der Waals surface area contributed by atoms with Crippen LogP contribution in [0.4, 0.5) is 0 Å². The first-order valence-corrected chi connectivity index (χ1v) is 5.43. The number of furan rings is 1. The maximum atomic E-state index is 10.4. The molecule has 1 unspecified atom stereocenters. The van der Waals surface area contributed by atoms with Crippen LogP contribution in [-0.4, -0.2) is 22.9 Å². The van der Waals surface area contributed by atoms with E-state index in [1.807, 2.05) is 0 Å². The zero-order chi connectivity index (χ0) is 10.6. The monoisotopic (exact) mass is 235 g/mol. The van der Waals surface area contributed by atoms with Gasteiger partial charge in [0.25, 0.3) is 0 Å². The summed E-state index contributed by atoms with van der Waals surface area (Å²) in [5.74, 6) is 0.661. The number of hydrogen-bond acceptors (Lipinski definition) is 4. The molecule has 0 saturated heterocycles. The molecule has 1 rings (SSSR count). The maximum absolute atomic E-state index is 10.4. The summed E-state index contributed by atoms with van der Waals surface area (Å²) in [6, 6.07) is 2.57. The predicted molar refractivity (Wildman–Crippen MR) is 55.5 cm³/mol.